The summed E-state index contributed by atoms with van der Waals surface area (Å²) < 4.78 is 0. The largest absolute Gasteiger partial charge is 0.323 e. The average Bonchev–Trinajstić information content (AvgIpc) is 3.05. The number of anilines is 1. The second kappa shape index (κ2) is 7.28. The molecule has 0 aliphatic carbocycles. The van der Waals surface area contributed by atoms with Crippen molar-refractivity contribution in [2.24, 2.45) is 0 Å². The van der Waals surface area contributed by atoms with Crippen molar-refractivity contribution in [3.63, 3.8) is 0 Å². The van der Waals surface area contributed by atoms with E-state index >= 15 is 0 Å². The van der Waals surface area contributed by atoms with Gasteiger partial charge in [-0.3, -0.25) is 0 Å². The smallest absolute Gasteiger partial charge is 0.308 e. The minimum Gasteiger partial charge on any atom is -0.308 e. The van der Waals surface area contributed by atoms with Crippen LogP contribution in [0.3, 0.4) is 0 Å². The third-order valence-electron chi connectivity index (χ3n) is 3.90. The van der Waals surface area contributed by atoms with Crippen LogP contribution in [0.4, 0.5) is 10.5 Å². The van der Waals surface area contributed by atoms with Gasteiger partial charge in [0.05, 0.1) is 0 Å². The molecule has 23 heavy (non-hydrogen) atoms. The number of nitrogens with zero attached hydrogens (tertiary/aromatic N) is 1. The first-order chi connectivity index (χ1) is 11.2. The predicted octanol–water partition coefficient (Wildman–Crippen LogP) is 5.18. The van der Waals surface area contributed by atoms with Gasteiger partial charge in [-0.05, 0) is 41.8 Å². The Morgan fingerprint density at radius 2 is 2.09 bits per heavy atom. The van der Waals surface area contributed by atoms with Crippen LogP contribution < -0.4 is 5.32 Å². The monoisotopic (exact) mass is 346 g/mol. The fraction of sp³-hybridized carbons (Fsp3) is 0.278. The van der Waals surface area contributed by atoms with Gasteiger partial charge in [-0.2, -0.15) is 0 Å². The highest BCUT2D eigenvalue weighted by atomic mass is 35.5. The Morgan fingerprint density at radius 1 is 1.30 bits per heavy atom. The number of hydrogen-bond acceptors (Lipinski definition) is 2. The summed E-state index contributed by atoms with van der Waals surface area (Å²) in [7, 11) is 0. The molecule has 1 heterocycles. The quantitative estimate of drug-likeness (QED) is 0.830. The van der Waals surface area contributed by atoms with E-state index in [0.29, 0.717) is 5.02 Å². The highest BCUT2D eigenvalue weighted by Crippen LogP contribution is 2.38. The molecule has 2 amide bonds. The van der Waals surface area contributed by atoms with Crippen LogP contribution in [0.15, 0.2) is 48.5 Å². The highest BCUT2D eigenvalue weighted by molar-refractivity contribution is 7.99. The van der Waals surface area contributed by atoms with Crippen LogP contribution in [0, 0.1) is 0 Å². The lowest BCUT2D eigenvalue weighted by Crippen LogP contribution is -2.34. The van der Waals surface area contributed by atoms with Crippen LogP contribution in [0.2, 0.25) is 5.02 Å². The molecule has 0 radical (unpaired) electrons. The van der Waals surface area contributed by atoms with Gasteiger partial charge in [0.2, 0.25) is 0 Å². The average molecular weight is 347 g/mol. The summed E-state index contributed by atoms with van der Waals surface area (Å²) in [5, 5.41) is 3.71. The summed E-state index contributed by atoms with van der Waals surface area (Å²) >= 11 is 7.84. The summed E-state index contributed by atoms with van der Waals surface area (Å²) in [6.07, 6.45) is 0.994. The molecule has 3 nitrogen and oxygen atoms in total. The molecule has 5 heteroatoms. The third kappa shape index (κ3) is 3.82. The molecule has 2 aromatic carbocycles. The Balaban J connectivity index is 1.72. The van der Waals surface area contributed by atoms with Gasteiger partial charge in [-0.15, -0.1) is 11.8 Å². The summed E-state index contributed by atoms with van der Waals surface area (Å²) in [5.74, 6) is 0.930. The molecule has 1 aliphatic rings. The molecule has 1 fully saturated rings. The zero-order chi connectivity index (χ0) is 16.2. The van der Waals surface area contributed by atoms with Gasteiger partial charge < -0.3 is 10.2 Å². The molecule has 1 aliphatic heterocycles. The van der Waals surface area contributed by atoms with Crippen molar-refractivity contribution < 1.29 is 4.79 Å². The van der Waals surface area contributed by atoms with E-state index in [1.54, 1.807) is 11.8 Å². The first kappa shape index (κ1) is 16.2. The number of aryl methyl sites for hydroxylation is 1. The second-order valence-electron chi connectivity index (χ2n) is 5.45. The molecule has 0 saturated carbocycles. The van der Waals surface area contributed by atoms with Gasteiger partial charge in [-0.1, -0.05) is 42.8 Å². The van der Waals surface area contributed by atoms with E-state index in [0.717, 1.165) is 30.0 Å². The summed E-state index contributed by atoms with van der Waals surface area (Å²) in [5.41, 5.74) is 3.15. The SMILES string of the molecule is CCc1ccc(NC(=O)N2CCSC2c2cccc(Cl)c2)cc1. The lowest BCUT2D eigenvalue weighted by molar-refractivity contribution is 0.214. The van der Waals surface area contributed by atoms with Crippen LogP contribution in [-0.4, -0.2) is 23.2 Å². The number of rotatable bonds is 3. The second-order valence-corrected chi connectivity index (χ2v) is 7.08. The normalized spacial score (nSPS) is 17.3. The van der Waals surface area contributed by atoms with E-state index in [4.69, 9.17) is 11.6 Å². The van der Waals surface area contributed by atoms with E-state index in [-0.39, 0.29) is 11.4 Å². The van der Waals surface area contributed by atoms with Crippen LogP contribution in [0.1, 0.15) is 23.4 Å². The number of hydrogen-bond donors (Lipinski definition) is 1. The Morgan fingerprint density at radius 3 is 2.78 bits per heavy atom. The molecule has 0 bridgehead atoms. The zero-order valence-electron chi connectivity index (χ0n) is 13.0. The van der Waals surface area contributed by atoms with Crippen molar-refractivity contribution in [3.8, 4) is 0 Å². The zero-order valence-corrected chi connectivity index (χ0v) is 14.5. The number of urea groups is 1. The van der Waals surface area contributed by atoms with Gasteiger partial charge in [-0.25, -0.2) is 4.79 Å². The van der Waals surface area contributed by atoms with Crippen LogP contribution in [-0.2, 0) is 6.42 Å². The number of carbonyl (C=O) groups excluding carboxylic acids is 1. The molecule has 1 atom stereocenters. The minimum absolute atomic E-state index is 0.0172. The molecular weight excluding hydrogens is 328 g/mol. The molecule has 1 saturated heterocycles. The Labute approximate surface area is 146 Å². The molecule has 120 valence electrons. The first-order valence-corrected chi connectivity index (χ1v) is 9.13. The fourth-order valence-electron chi connectivity index (χ4n) is 2.63. The fourth-order valence-corrected chi connectivity index (χ4v) is 4.08. The molecule has 0 spiro atoms. The van der Waals surface area contributed by atoms with Gasteiger partial charge in [0.25, 0.3) is 0 Å². The van der Waals surface area contributed by atoms with Crippen molar-refractivity contribution in [2.45, 2.75) is 18.7 Å². The first-order valence-electron chi connectivity index (χ1n) is 7.71. The van der Waals surface area contributed by atoms with Gasteiger partial charge in [0, 0.05) is 23.0 Å². The van der Waals surface area contributed by atoms with Gasteiger partial charge >= 0.3 is 6.03 Å². The lowest BCUT2D eigenvalue weighted by Gasteiger charge is -2.24. The number of thioether (sulfide) groups is 1. The molecular formula is C18H19ClN2OS. The van der Waals surface area contributed by atoms with Crippen molar-refractivity contribution >= 4 is 35.1 Å². The molecule has 2 aromatic rings. The van der Waals surface area contributed by atoms with Gasteiger partial charge in [0.15, 0.2) is 0 Å². The topological polar surface area (TPSA) is 32.3 Å². The van der Waals surface area contributed by atoms with Crippen molar-refractivity contribution in [2.75, 3.05) is 17.6 Å². The summed E-state index contributed by atoms with van der Waals surface area (Å²) in [6.45, 7) is 2.85. The van der Waals surface area contributed by atoms with E-state index in [1.807, 2.05) is 53.4 Å². The number of amides is 2. The van der Waals surface area contributed by atoms with E-state index in [2.05, 4.69) is 12.2 Å². The summed E-state index contributed by atoms with van der Waals surface area (Å²) in [4.78, 5) is 14.5. The van der Waals surface area contributed by atoms with Crippen molar-refractivity contribution in [1.29, 1.82) is 0 Å². The molecule has 0 aromatic heterocycles. The van der Waals surface area contributed by atoms with E-state index in [9.17, 15) is 4.79 Å². The maximum atomic E-state index is 12.6. The third-order valence-corrected chi connectivity index (χ3v) is 5.39. The van der Waals surface area contributed by atoms with E-state index in [1.165, 1.54) is 5.56 Å². The standard InChI is InChI=1S/C18H19ClN2OS/c1-2-13-6-8-16(9-7-13)20-18(22)21-10-11-23-17(21)14-4-3-5-15(19)12-14/h3-9,12,17H,2,10-11H2,1H3,(H,20,22). The lowest BCUT2D eigenvalue weighted by atomic mass is 10.1. The molecule has 3 rings (SSSR count). The number of nitrogens with one attached hydrogen (secondary N) is 1. The minimum atomic E-state index is -0.0655. The Bertz CT molecular complexity index is 690. The maximum absolute atomic E-state index is 12.6. The molecule has 1 N–H and O–H groups in total. The van der Waals surface area contributed by atoms with E-state index < -0.39 is 0 Å². The predicted molar refractivity (Wildman–Crippen MR) is 98.2 cm³/mol. The van der Waals surface area contributed by atoms with Gasteiger partial charge in [0.1, 0.15) is 5.37 Å². The van der Waals surface area contributed by atoms with Crippen LogP contribution >= 0.6 is 23.4 Å². The van der Waals surface area contributed by atoms with Crippen molar-refractivity contribution in [3.05, 3.63) is 64.7 Å². The number of halogens is 1. The van der Waals surface area contributed by atoms with Crippen molar-refractivity contribution in [1.82, 2.24) is 4.90 Å². The summed E-state index contributed by atoms with van der Waals surface area (Å²) in [6, 6.07) is 15.7. The Hall–Kier alpha value is -1.65. The number of benzene rings is 2. The number of carbonyl (C=O) groups is 1. The maximum Gasteiger partial charge on any atom is 0.323 e. The van der Waals surface area contributed by atoms with Crippen LogP contribution in [0.25, 0.3) is 0 Å². The molecule has 1 unspecified atom stereocenters. The Kier molecular flexibility index (Phi) is 5.13. The van der Waals surface area contributed by atoms with Crippen LogP contribution in [0.5, 0.6) is 0 Å². The highest BCUT2D eigenvalue weighted by Gasteiger charge is 2.30.